The van der Waals surface area contributed by atoms with E-state index < -0.39 is 0 Å². The summed E-state index contributed by atoms with van der Waals surface area (Å²) in [5.41, 5.74) is 0.360. The van der Waals surface area contributed by atoms with Crippen molar-refractivity contribution in [3.8, 4) is 31.8 Å². The van der Waals surface area contributed by atoms with E-state index in [1.54, 1.807) is 0 Å². The third kappa shape index (κ3) is 3.58. The molecule has 0 heterocycles. The number of nitriles is 1. The first-order valence-electron chi connectivity index (χ1n) is 7.68. The zero-order valence-electron chi connectivity index (χ0n) is 13.3. The van der Waals surface area contributed by atoms with Gasteiger partial charge in [-0.1, -0.05) is 27.2 Å². The fourth-order valence-electron chi connectivity index (χ4n) is 4.12. The second-order valence-electron chi connectivity index (χ2n) is 6.38. The Morgan fingerprint density at radius 3 is 2.30 bits per heavy atom. The van der Waals surface area contributed by atoms with Crippen molar-refractivity contribution in [3.05, 3.63) is 0 Å². The van der Waals surface area contributed by atoms with Gasteiger partial charge in [0.1, 0.15) is 0 Å². The Balaban J connectivity index is 0.000000829. The van der Waals surface area contributed by atoms with Gasteiger partial charge in [0.2, 0.25) is 0 Å². The molecule has 2 unspecified atom stereocenters. The van der Waals surface area contributed by atoms with Crippen molar-refractivity contribution in [2.45, 2.75) is 59.3 Å². The molecule has 1 nitrogen and oxygen atoms in total. The van der Waals surface area contributed by atoms with Gasteiger partial charge in [-0.15, -0.1) is 25.7 Å². The molecule has 0 aliphatic heterocycles. The van der Waals surface area contributed by atoms with E-state index in [2.05, 4.69) is 52.5 Å². The average Bonchev–Trinajstić information content (AvgIpc) is 2.85. The summed E-state index contributed by atoms with van der Waals surface area (Å²) in [7, 11) is 0. The standard InChI is InChI=1S/C15H25N.2C2H2/c1-4-11(2)12-7-8-15(3)13(9-12)5-6-14(15)10-16;2*1-2/h11-14H,4-9H2,1-3H3;2*1-2H/t11-,12?,13?,14+,15-;;/m0../s1. The molecule has 2 rings (SSSR count). The van der Waals surface area contributed by atoms with Crippen LogP contribution in [0.1, 0.15) is 59.3 Å². The predicted octanol–water partition coefficient (Wildman–Crippen LogP) is 4.89. The first-order chi connectivity index (χ1) is 9.61. The number of nitrogens with zero attached hydrogens (tertiary/aromatic N) is 1. The van der Waals surface area contributed by atoms with Crippen LogP contribution in [-0.2, 0) is 0 Å². The van der Waals surface area contributed by atoms with E-state index in [0.29, 0.717) is 11.3 Å². The van der Waals surface area contributed by atoms with Crippen LogP contribution in [0.3, 0.4) is 0 Å². The quantitative estimate of drug-likeness (QED) is 0.656. The molecule has 2 aliphatic rings. The summed E-state index contributed by atoms with van der Waals surface area (Å²) >= 11 is 0. The lowest BCUT2D eigenvalue weighted by atomic mass is 9.61. The van der Waals surface area contributed by atoms with Crippen LogP contribution in [0.25, 0.3) is 0 Å². The Hall–Kier alpha value is -1.39. The molecule has 0 aromatic heterocycles. The molecule has 0 aromatic carbocycles. The summed E-state index contributed by atoms with van der Waals surface area (Å²) in [6, 6.07) is 2.56. The average molecular weight is 271 g/mol. The molecule has 2 fully saturated rings. The fraction of sp³-hybridized carbons (Fsp3) is 0.737. The molecule has 0 amide bonds. The second kappa shape index (κ2) is 8.72. The molecule has 0 N–H and O–H groups in total. The lowest BCUT2D eigenvalue weighted by Gasteiger charge is -2.43. The molecule has 0 saturated heterocycles. The Labute approximate surface area is 126 Å². The molecule has 20 heavy (non-hydrogen) atoms. The van der Waals surface area contributed by atoms with Gasteiger partial charge in [-0.25, -0.2) is 0 Å². The van der Waals surface area contributed by atoms with E-state index in [0.717, 1.165) is 24.2 Å². The summed E-state index contributed by atoms with van der Waals surface area (Å²) < 4.78 is 0. The Kier molecular flexibility index (Phi) is 8.11. The van der Waals surface area contributed by atoms with E-state index in [4.69, 9.17) is 0 Å². The van der Waals surface area contributed by atoms with Crippen LogP contribution < -0.4 is 0 Å². The van der Waals surface area contributed by atoms with Crippen LogP contribution >= 0.6 is 0 Å². The topological polar surface area (TPSA) is 23.8 Å². The van der Waals surface area contributed by atoms with Gasteiger partial charge in [0, 0.05) is 0 Å². The maximum atomic E-state index is 9.24. The predicted molar refractivity (Wildman–Crippen MR) is 86.5 cm³/mol. The largest absolute Gasteiger partial charge is 0.198 e. The lowest BCUT2D eigenvalue weighted by molar-refractivity contribution is 0.0671. The van der Waals surface area contributed by atoms with Gasteiger partial charge < -0.3 is 0 Å². The third-order valence-corrected chi connectivity index (χ3v) is 5.78. The van der Waals surface area contributed by atoms with Gasteiger partial charge >= 0.3 is 0 Å². The Bertz CT molecular complexity index is 353. The lowest BCUT2D eigenvalue weighted by Crippen LogP contribution is -2.35. The molecule has 5 atom stereocenters. The third-order valence-electron chi connectivity index (χ3n) is 5.78. The first-order valence-corrected chi connectivity index (χ1v) is 7.68. The van der Waals surface area contributed by atoms with Crippen molar-refractivity contribution >= 4 is 0 Å². The number of rotatable bonds is 2. The highest BCUT2D eigenvalue weighted by Gasteiger charge is 2.49. The van der Waals surface area contributed by atoms with Crippen molar-refractivity contribution in [3.63, 3.8) is 0 Å². The van der Waals surface area contributed by atoms with E-state index >= 15 is 0 Å². The summed E-state index contributed by atoms with van der Waals surface area (Å²) in [4.78, 5) is 0. The maximum Gasteiger partial charge on any atom is 0.0661 e. The number of terminal acetylenes is 2. The van der Waals surface area contributed by atoms with E-state index in [1.165, 1.54) is 32.1 Å². The highest BCUT2D eigenvalue weighted by Crippen LogP contribution is 2.57. The summed E-state index contributed by atoms with van der Waals surface area (Å²) in [5, 5.41) is 9.24. The summed E-state index contributed by atoms with van der Waals surface area (Å²) in [6.07, 6.45) is 23.8. The fourth-order valence-corrected chi connectivity index (χ4v) is 4.12. The van der Waals surface area contributed by atoms with Crippen LogP contribution in [0.15, 0.2) is 0 Å². The molecule has 0 spiro atoms. The van der Waals surface area contributed by atoms with Gasteiger partial charge in [-0.05, 0) is 55.3 Å². The molecule has 2 saturated carbocycles. The van der Waals surface area contributed by atoms with E-state index in [-0.39, 0.29) is 0 Å². The van der Waals surface area contributed by atoms with Crippen LogP contribution in [0.5, 0.6) is 0 Å². The van der Waals surface area contributed by atoms with Gasteiger partial charge in [-0.3, -0.25) is 0 Å². The number of fused-ring (bicyclic) bond motifs is 1. The van der Waals surface area contributed by atoms with Crippen molar-refractivity contribution in [2.75, 3.05) is 0 Å². The van der Waals surface area contributed by atoms with Gasteiger partial charge in [0.25, 0.3) is 0 Å². The highest BCUT2D eigenvalue weighted by molar-refractivity contribution is 5.06. The molecule has 2 aliphatic carbocycles. The smallest absolute Gasteiger partial charge is 0.0661 e. The highest BCUT2D eigenvalue weighted by atomic mass is 14.5. The van der Waals surface area contributed by atoms with Crippen LogP contribution in [-0.4, -0.2) is 0 Å². The monoisotopic (exact) mass is 271 g/mol. The summed E-state index contributed by atoms with van der Waals surface area (Å²) in [6.45, 7) is 7.10. The molecule has 110 valence electrons. The van der Waals surface area contributed by atoms with Gasteiger partial charge in [0.15, 0.2) is 0 Å². The SMILES string of the molecule is C#C.C#C.CC[C@H](C)C1CC[C@@]2(C)C(CC[C@@H]2C#N)C1. The molecular formula is C19H29N. The molecule has 0 bridgehead atoms. The normalized spacial score (nSPS) is 36.0. The minimum Gasteiger partial charge on any atom is -0.198 e. The van der Waals surface area contributed by atoms with Crippen molar-refractivity contribution < 1.29 is 0 Å². The van der Waals surface area contributed by atoms with Crippen molar-refractivity contribution in [2.24, 2.45) is 29.1 Å². The van der Waals surface area contributed by atoms with E-state index in [1.807, 2.05) is 0 Å². The molecule has 1 heteroatoms. The molecule has 0 radical (unpaired) electrons. The molecule has 0 aromatic rings. The minimum absolute atomic E-state index is 0.343. The second-order valence-corrected chi connectivity index (χ2v) is 6.38. The number of hydrogen-bond acceptors (Lipinski definition) is 1. The maximum absolute atomic E-state index is 9.24. The first kappa shape index (κ1) is 18.6. The molecular weight excluding hydrogens is 242 g/mol. The zero-order chi connectivity index (χ0) is 15.8. The van der Waals surface area contributed by atoms with Crippen LogP contribution in [0, 0.1) is 66.1 Å². The van der Waals surface area contributed by atoms with Crippen molar-refractivity contribution in [1.29, 1.82) is 5.26 Å². The van der Waals surface area contributed by atoms with Crippen LogP contribution in [0.2, 0.25) is 0 Å². The number of hydrogen-bond donors (Lipinski definition) is 0. The minimum atomic E-state index is 0.343. The zero-order valence-corrected chi connectivity index (χ0v) is 13.3. The van der Waals surface area contributed by atoms with E-state index in [9.17, 15) is 5.26 Å². The summed E-state index contributed by atoms with van der Waals surface area (Å²) in [5.74, 6) is 2.99. The van der Waals surface area contributed by atoms with Gasteiger partial charge in [-0.2, -0.15) is 5.26 Å². The van der Waals surface area contributed by atoms with Gasteiger partial charge in [0.05, 0.1) is 12.0 Å². The Morgan fingerprint density at radius 2 is 1.80 bits per heavy atom. The van der Waals surface area contributed by atoms with Crippen LogP contribution in [0.4, 0.5) is 0 Å². The van der Waals surface area contributed by atoms with Crippen molar-refractivity contribution in [1.82, 2.24) is 0 Å². The Morgan fingerprint density at radius 1 is 1.20 bits per heavy atom.